The first kappa shape index (κ1) is 19.0. The summed E-state index contributed by atoms with van der Waals surface area (Å²) < 4.78 is 5.21. The molecule has 1 aromatic heterocycles. The van der Waals surface area contributed by atoms with E-state index in [0.29, 0.717) is 18.5 Å². The Kier molecular flexibility index (Phi) is 5.00. The maximum atomic E-state index is 12.8. The molecule has 150 valence electrons. The van der Waals surface area contributed by atoms with Crippen LogP contribution in [-0.4, -0.2) is 34.7 Å². The van der Waals surface area contributed by atoms with Gasteiger partial charge in [0.15, 0.2) is 0 Å². The highest BCUT2D eigenvalue weighted by Gasteiger charge is 2.30. The average Bonchev–Trinajstić information content (AvgIpc) is 3.11. The summed E-state index contributed by atoms with van der Waals surface area (Å²) >= 11 is 0. The highest BCUT2D eigenvalue weighted by Crippen LogP contribution is 2.41. The van der Waals surface area contributed by atoms with Crippen molar-refractivity contribution in [2.24, 2.45) is 0 Å². The zero-order valence-corrected chi connectivity index (χ0v) is 16.3. The molecule has 2 aromatic carbocycles. The fourth-order valence-electron chi connectivity index (χ4n) is 4.00. The first-order valence-electron chi connectivity index (χ1n) is 9.42. The van der Waals surface area contributed by atoms with E-state index in [0.717, 1.165) is 22.2 Å². The van der Waals surface area contributed by atoms with Gasteiger partial charge in [-0.25, -0.2) is 0 Å². The van der Waals surface area contributed by atoms with E-state index in [1.165, 1.54) is 7.11 Å². The molecule has 0 saturated carbocycles. The summed E-state index contributed by atoms with van der Waals surface area (Å²) in [6, 6.07) is 13.0. The molecule has 1 aliphatic rings. The minimum absolute atomic E-state index is 0.0356. The second-order valence-electron chi connectivity index (χ2n) is 7.03. The fourth-order valence-corrected chi connectivity index (χ4v) is 4.00. The smallest absolute Gasteiger partial charge is 0.247 e. The van der Waals surface area contributed by atoms with Gasteiger partial charge in [-0.1, -0.05) is 30.3 Å². The van der Waals surface area contributed by atoms with E-state index in [1.54, 1.807) is 23.1 Å². The van der Waals surface area contributed by atoms with Crippen LogP contribution in [0, 0.1) is 5.21 Å². The van der Waals surface area contributed by atoms with Gasteiger partial charge >= 0.3 is 0 Å². The quantitative estimate of drug-likeness (QED) is 0.517. The molecule has 0 radical (unpaired) electrons. The number of aromatic amines is 1. The van der Waals surface area contributed by atoms with Crippen LogP contribution in [0.1, 0.15) is 29.8 Å². The number of carbonyl (C=O) groups excluding carboxylic acids is 1. The molecule has 2 heterocycles. The molecule has 3 aromatic rings. The van der Waals surface area contributed by atoms with E-state index in [9.17, 15) is 15.2 Å². The summed E-state index contributed by atoms with van der Waals surface area (Å²) in [5.41, 5.74) is 3.42. The van der Waals surface area contributed by atoms with Crippen LogP contribution in [0.4, 0.5) is 5.69 Å². The molecule has 29 heavy (non-hydrogen) atoms. The first-order chi connectivity index (χ1) is 14.0. The van der Waals surface area contributed by atoms with Gasteiger partial charge in [-0.15, -0.1) is 0 Å². The lowest BCUT2D eigenvalue weighted by atomic mass is 9.98. The van der Waals surface area contributed by atoms with Crippen LogP contribution in [0.5, 0.6) is 5.75 Å². The van der Waals surface area contributed by atoms with Crippen molar-refractivity contribution in [3.63, 3.8) is 0 Å². The molecule has 1 atom stereocenters. The molecular weight excluding hydrogens is 370 g/mol. The van der Waals surface area contributed by atoms with Gasteiger partial charge in [-0.05, 0) is 42.7 Å². The van der Waals surface area contributed by atoms with Crippen LogP contribution < -0.4 is 9.96 Å². The topological polar surface area (TPSA) is 91.9 Å². The van der Waals surface area contributed by atoms with Gasteiger partial charge < -0.3 is 25.1 Å². The van der Waals surface area contributed by atoms with Crippen molar-refractivity contribution < 1.29 is 14.7 Å². The van der Waals surface area contributed by atoms with Crippen molar-refractivity contribution in [2.75, 3.05) is 18.9 Å². The van der Waals surface area contributed by atoms with E-state index >= 15 is 0 Å². The molecule has 0 spiro atoms. The zero-order valence-electron chi connectivity index (χ0n) is 16.3. The molecule has 1 unspecified atom stereocenters. The molecule has 0 saturated heterocycles. The Morgan fingerprint density at radius 3 is 2.76 bits per heavy atom. The zero-order chi connectivity index (χ0) is 20.5. The lowest BCUT2D eigenvalue weighted by Gasteiger charge is -2.32. The van der Waals surface area contributed by atoms with Crippen molar-refractivity contribution >= 4 is 28.6 Å². The normalized spacial score (nSPS) is 16.3. The number of benzene rings is 2. The fraction of sp³-hybridized carbons (Fsp3) is 0.227. The number of amides is 1. The predicted octanol–water partition coefficient (Wildman–Crippen LogP) is 4.03. The second kappa shape index (κ2) is 7.62. The maximum absolute atomic E-state index is 12.8. The molecule has 2 N–H and O–H groups in total. The van der Waals surface area contributed by atoms with E-state index < -0.39 is 0 Å². The molecule has 0 bridgehead atoms. The highest BCUT2D eigenvalue weighted by molar-refractivity contribution is 5.98. The van der Waals surface area contributed by atoms with Crippen molar-refractivity contribution in [2.45, 2.75) is 19.4 Å². The number of ether oxygens (including phenoxy) is 1. The first-order valence-corrected chi connectivity index (χ1v) is 9.42. The minimum atomic E-state index is -0.197. The van der Waals surface area contributed by atoms with Crippen LogP contribution in [0.2, 0.25) is 0 Å². The second-order valence-corrected chi connectivity index (χ2v) is 7.03. The summed E-state index contributed by atoms with van der Waals surface area (Å²) in [4.78, 5) is 17.8. The number of hydrogen-bond donors (Lipinski definition) is 2. The van der Waals surface area contributed by atoms with Gasteiger partial charge in [0.25, 0.3) is 0 Å². The summed E-state index contributed by atoms with van der Waals surface area (Å²) in [7, 11) is 1.44. The number of nitrogens with zero attached hydrogens (tertiary/aromatic N) is 2. The maximum Gasteiger partial charge on any atom is 0.247 e. The Labute approximate surface area is 168 Å². The molecule has 4 rings (SSSR count). The van der Waals surface area contributed by atoms with Gasteiger partial charge in [0, 0.05) is 23.7 Å². The number of aromatic nitrogens is 1. The third kappa shape index (κ3) is 3.35. The molecule has 1 amide bonds. The number of hydrogen-bond acceptors (Lipinski definition) is 5. The number of H-pyrrole nitrogens is 1. The Morgan fingerprint density at radius 1 is 1.31 bits per heavy atom. The Hall–Kier alpha value is -3.29. The van der Waals surface area contributed by atoms with Gasteiger partial charge in [0.05, 0.1) is 18.7 Å². The number of nitrogens with one attached hydrogen (secondary N) is 1. The van der Waals surface area contributed by atoms with Crippen LogP contribution in [0.15, 0.2) is 48.5 Å². The highest BCUT2D eigenvalue weighted by atomic mass is 16.8. The number of anilines is 1. The largest absolute Gasteiger partial charge is 0.733 e. The van der Waals surface area contributed by atoms with Crippen molar-refractivity contribution in [1.82, 2.24) is 9.88 Å². The third-order valence-electron chi connectivity index (χ3n) is 5.45. The monoisotopic (exact) mass is 392 g/mol. The number of rotatable bonds is 4. The summed E-state index contributed by atoms with van der Waals surface area (Å²) in [5, 5.41) is 22.0. The lowest BCUT2D eigenvalue weighted by Crippen LogP contribution is -2.37. The van der Waals surface area contributed by atoms with E-state index in [4.69, 9.17) is 4.74 Å². The summed E-state index contributed by atoms with van der Waals surface area (Å²) in [6.07, 6.45) is 4.04. The van der Waals surface area contributed by atoms with Crippen molar-refractivity contribution in [1.29, 1.82) is 0 Å². The summed E-state index contributed by atoms with van der Waals surface area (Å²) in [6.45, 7) is 2.52. The van der Waals surface area contributed by atoms with Gasteiger partial charge in [-0.3, -0.25) is 10.0 Å². The van der Waals surface area contributed by atoms with Gasteiger partial charge in [0.1, 0.15) is 11.4 Å². The van der Waals surface area contributed by atoms with Crippen LogP contribution in [0.3, 0.4) is 0 Å². The predicted molar refractivity (Wildman–Crippen MR) is 112 cm³/mol. The number of fused-ring (bicyclic) bond motifs is 3. The van der Waals surface area contributed by atoms with Crippen LogP contribution in [0.25, 0.3) is 17.0 Å². The molecule has 0 aliphatic carbocycles. The molecule has 1 aliphatic heterocycles. The van der Waals surface area contributed by atoms with Gasteiger partial charge in [0.2, 0.25) is 5.91 Å². The van der Waals surface area contributed by atoms with Gasteiger partial charge in [-0.2, -0.15) is 0 Å². The average molecular weight is 392 g/mol. The number of methoxy groups -OCH3 is 1. The molecule has 7 nitrogen and oxygen atoms in total. The standard InChI is InChI=1S/C22H22N3O4/c1-14-20-17(16-9-10-18(29-2)22(25(27)28)21(16)23-20)12-13-24(14)19(26)11-8-15-6-4-3-5-7-15/h3-11,14,23,27H,12-13H2,1-2H3/q-1/b11-8+. The summed E-state index contributed by atoms with van der Waals surface area (Å²) in [5.74, 6) is 0.205. The van der Waals surface area contributed by atoms with E-state index in [-0.39, 0.29) is 28.6 Å². The van der Waals surface area contributed by atoms with Crippen molar-refractivity contribution in [3.05, 3.63) is 70.6 Å². The SMILES string of the molecule is COc1ccc2c3c([nH]c2c1N([O-])O)C(C)N(C(=O)/C=C/c1ccccc1)CC3. The molecule has 0 fully saturated rings. The van der Waals surface area contributed by atoms with Crippen LogP contribution >= 0.6 is 0 Å². The van der Waals surface area contributed by atoms with Crippen LogP contribution in [-0.2, 0) is 11.2 Å². The minimum Gasteiger partial charge on any atom is -0.733 e. The Morgan fingerprint density at radius 2 is 2.07 bits per heavy atom. The van der Waals surface area contributed by atoms with E-state index in [1.807, 2.05) is 43.3 Å². The Balaban J connectivity index is 1.68. The molecule has 7 heteroatoms. The number of carbonyl (C=O) groups is 1. The Bertz CT molecular complexity index is 1070. The molecular formula is C22H22N3O4-. The lowest BCUT2D eigenvalue weighted by molar-refractivity contribution is -0.128. The van der Waals surface area contributed by atoms with E-state index in [2.05, 4.69) is 4.98 Å². The third-order valence-corrected chi connectivity index (χ3v) is 5.45. The van der Waals surface area contributed by atoms with Crippen molar-refractivity contribution in [3.8, 4) is 5.75 Å².